The van der Waals surface area contributed by atoms with E-state index in [1.165, 1.54) is 7.11 Å². The molecule has 0 fully saturated rings. The van der Waals surface area contributed by atoms with Crippen LogP contribution in [0.2, 0.25) is 0 Å². The van der Waals surface area contributed by atoms with Crippen molar-refractivity contribution in [3.8, 4) is 29.4 Å². The van der Waals surface area contributed by atoms with Crippen molar-refractivity contribution in [3.05, 3.63) is 101 Å². The summed E-state index contributed by atoms with van der Waals surface area (Å²) in [6, 6.07) is 21.6. The third-order valence-corrected chi connectivity index (χ3v) is 5.98. The lowest BCUT2D eigenvalue weighted by Gasteiger charge is -2.15. The van der Waals surface area contributed by atoms with E-state index in [1.54, 1.807) is 63.4 Å². The predicted octanol–water partition coefficient (Wildman–Crippen LogP) is 5.26. The zero-order valence-corrected chi connectivity index (χ0v) is 24.0. The molecule has 8 nitrogen and oxygen atoms in total. The molecule has 3 rings (SSSR count). The highest BCUT2D eigenvalue weighted by molar-refractivity contribution is 5.95. The molecule has 0 aromatic heterocycles. The van der Waals surface area contributed by atoms with Crippen molar-refractivity contribution in [2.45, 2.75) is 26.4 Å². The largest absolute Gasteiger partial charge is 0.509 e. The quantitative estimate of drug-likeness (QED) is 0.149. The maximum atomic E-state index is 12.6. The van der Waals surface area contributed by atoms with Gasteiger partial charge in [0.05, 0.1) is 27.4 Å². The van der Waals surface area contributed by atoms with Crippen molar-refractivity contribution in [2.24, 2.45) is 5.92 Å². The lowest BCUT2D eigenvalue weighted by molar-refractivity contribution is -0.161. The van der Waals surface area contributed by atoms with Crippen LogP contribution in [0.15, 0.2) is 72.8 Å². The van der Waals surface area contributed by atoms with E-state index in [4.69, 9.17) is 23.7 Å². The Morgan fingerprint density at radius 3 is 1.98 bits per heavy atom. The highest BCUT2D eigenvalue weighted by Gasteiger charge is 2.30. The van der Waals surface area contributed by atoms with Gasteiger partial charge in [0.15, 0.2) is 12.0 Å². The maximum absolute atomic E-state index is 12.6. The van der Waals surface area contributed by atoms with Crippen LogP contribution in [0.3, 0.4) is 0 Å². The van der Waals surface area contributed by atoms with Gasteiger partial charge in [-0.25, -0.2) is 4.79 Å². The molecular formula is C34H32O8. The molecule has 3 aromatic carbocycles. The smallest absolute Gasteiger partial charge is 0.497 e. The molecule has 0 radical (unpaired) electrons. The van der Waals surface area contributed by atoms with Crippen molar-refractivity contribution in [1.29, 1.82) is 0 Å². The van der Waals surface area contributed by atoms with Gasteiger partial charge in [0.2, 0.25) is 0 Å². The lowest BCUT2D eigenvalue weighted by Crippen LogP contribution is -2.30. The fraction of sp³-hybridized carbons (Fsp3) is 0.265. The number of hydrogen-bond donors (Lipinski definition) is 0. The second kappa shape index (κ2) is 16.2. The van der Waals surface area contributed by atoms with Gasteiger partial charge in [0.1, 0.15) is 5.75 Å². The Balaban J connectivity index is 1.99. The monoisotopic (exact) mass is 568 g/mol. The van der Waals surface area contributed by atoms with Gasteiger partial charge in [0.25, 0.3) is 0 Å². The minimum atomic E-state index is -1.15. The van der Waals surface area contributed by atoms with Crippen LogP contribution in [0.1, 0.15) is 47.8 Å². The first-order valence-electron chi connectivity index (χ1n) is 13.3. The number of carbonyl (C=O) groups excluding carboxylic acids is 3. The molecule has 1 atom stereocenters. The molecule has 0 heterocycles. The van der Waals surface area contributed by atoms with Crippen LogP contribution in [0.4, 0.5) is 4.79 Å². The number of hydrogen-bond acceptors (Lipinski definition) is 8. The Morgan fingerprint density at radius 2 is 1.36 bits per heavy atom. The van der Waals surface area contributed by atoms with E-state index in [0.717, 1.165) is 11.3 Å². The first kappa shape index (κ1) is 31.3. The molecule has 0 aliphatic carbocycles. The van der Waals surface area contributed by atoms with Crippen LogP contribution < -0.4 is 4.74 Å². The minimum absolute atomic E-state index is 0.0228. The number of methoxy groups -OCH3 is 2. The Bertz CT molecular complexity index is 1480. The van der Waals surface area contributed by atoms with Crippen molar-refractivity contribution in [3.63, 3.8) is 0 Å². The fourth-order valence-corrected chi connectivity index (χ4v) is 3.90. The third-order valence-electron chi connectivity index (χ3n) is 5.98. The standard InChI is InChI=1S/C34H32O8/c1-5-40-32(35)30(33(36)41-6-2)23-27-13-8-7-11-25(27)19-22-31(42-34(37)39-4)29-14-10-9-12-26(29)18-15-24-16-20-28(38-3)21-17-24/h7-14,16-17,20-21,30-31H,5-6,23H2,1-4H3. The molecule has 0 bridgehead atoms. The molecule has 42 heavy (non-hydrogen) atoms. The minimum Gasteiger partial charge on any atom is -0.497 e. The average molecular weight is 569 g/mol. The van der Waals surface area contributed by atoms with Crippen molar-refractivity contribution < 1.29 is 38.1 Å². The first-order valence-corrected chi connectivity index (χ1v) is 13.3. The molecule has 1 unspecified atom stereocenters. The fourth-order valence-electron chi connectivity index (χ4n) is 3.90. The van der Waals surface area contributed by atoms with E-state index in [-0.39, 0.29) is 19.6 Å². The Morgan fingerprint density at radius 1 is 0.738 bits per heavy atom. The van der Waals surface area contributed by atoms with Gasteiger partial charge in [-0.15, -0.1) is 0 Å². The number of carbonyl (C=O) groups is 3. The second-order valence-corrected chi connectivity index (χ2v) is 8.71. The van der Waals surface area contributed by atoms with Crippen LogP contribution in [0, 0.1) is 29.6 Å². The first-order chi connectivity index (χ1) is 20.4. The van der Waals surface area contributed by atoms with Crippen molar-refractivity contribution in [1.82, 2.24) is 0 Å². The number of benzene rings is 3. The normalized spacial score (nSPS) is 10.7. The highest BCUT2D eigenvalue weighted by Crippen LogP contribution is 2.23. The summed E-state index contributed by atoms with van der Waals surface area (Å²) in [5.74, 6) is 10.5. The van der Waals surface area contributed by atoms with E-state index < -0.39 is 30.1 Å². The van der Waals surface area contributed by atoms with Crippen LogP contribution in [-0.4, -0.2) is 45.5 Å². The summed E-state index contributed by atoms with van der Waals surface area (Å²) < 4.78 is 25.7. The van der Waals surface area contributed by atoms with Crippen LogP contribution >= 0.6 is 0 Å². The van der Waals surface area contributed by atoms with Gasteiger partial charge >= 0.3 is 18.1 Å². The predicted molar refractivity (Wildman–Crippen MR) is 155 cm³/mol. The summed E-state index contributed by atoms with van der Waals surface area (Å²) >= 11 is 0. The van der Waals surface area contributed by atoms with E-state index in [9.17, 15) is 14.4 Å². The lowest BCUT2D eigenvalue weighted by atomic mass is 9.95. The third kappa shape index (κ3) is 8.90. The van der Waals surface area contributed by atoms with Gasteiger partial charge in [0, 0.05) is 22.3 Å². The molecule has 0 spiro atoms. The molecule has 0 amide bonds. The maximum Gasteiger partial charge on any atom is 0.509 e. The SMILES string of the molecule is CCOC(=O)C(Cc1ccccc1C#CC(OC(=O)OC)c1ccccc1C#Cc1ccc(OC)cc1)C(=O)OCC. The van der Waals surface area contributed by atoms with Crippen molar-refractivity contribution in [2.75, 3.05) is 27.4 Å². The zero-order chi connectivity index (χ0) is 30.3. The molecule has 0 aliphatic rings. The molecule has 8 heteroatoms. The summed E-state index contributed by atoms with van der Waals surface area (Å²) in [5, 5.41) is 0. The van der Waals surface area contributed by atoms with Crippen LogP contribution in [0.5, 0.6) is 5.75 Å². The molecule has 0 N–H and O–H groups in total. The van der Waals surface area contributed by atoms with E-state index in [1.807, 2.05) is 30.3 Å². The summed E-state index contributed by atoms with van der Waals surface area (Å²) in [6.07, 6.45) is -1.92. The summed E-state index contributed by atoms with van der Waals surface area (Å²) in [4.78, 5) is 37.3. The topological polar surface area (TPSA) is 97.4 Å². The Kier molecular flexibility index (Phi) is 12.0. The van der Waals surface area contributed by atoms with Gasteiger partial charge in [-0.2, -0.15) is 0 Å². The van der Waals surface area contributed by atoms with Crippen LogP contribution in [0.25, 0.3) is 0 Å². The van der Waals surface area contributed by atoms with Crippen molar-refractivity contribution >= 4 is 18.1 Å². The molecule has 3 aromatic rings. The van der Waals surface area contributed by atoms with Crippen LogP contribution in [-0.2, 0) is 35.0 Å². The van der Waals surface area contributed by atoms with E-state index in [0.29, 0.717) is 22.3 Å². The molecular weight excluding hydrogens is 536 g/mol. The molecule has 0 aliphatic heterocycles. The average Bonchev–Trinajstić information content (AvgIpc) is 3.01. The number of ether oxygens (including phenoxy) is 5. The van der Waals surface area contributed by atoms with Gasteiger partial charge in [-0.3, -0.25) is 9.59 Å². The summed E-state index contributed by atoms with van der Waals surface area (Å²) in [6.45, 7) is 3.59. The Hall–Kier alpha value is -5.21. The van der Waals surface area contributed by atoms with Gasteiger partial charge in [-0.05, 0) is 68.2 Å². The summed E-state index contributed by atoms with van der Waals surface area (Å²) in [7, 11) is 2.80. The Labute approximate surface area is 245 Å². The van der Waals surface area contributed by atoms with E-state index in [2.05, 4.69) is 23.7 Å². The molecule has 0 saturated carbocycles. The zero-order valence-electron chi connectivity index (χ0n) is 24.0. The summed E-state index contributed by atoms with van der Waals surface area (Å²) in [5.41, 5.74) is 3.10. The second-order valence-electron chi connectivity index (χ2n) is 8.71. The highest BCUT2D eigenvalue weighted by atomic mass is 16.7. The van der Waals surface area contributed by atoms with Gasteiger partial charge < -0.3 is 23.7 Å². The molecule has 216 valence electrons. The number of esters is 2. The number of rotatable bonds is 9. The van der Waals surface area contributed by atoms with Gasteiger partial charge in [-0.1, -0.05) is 54.2 Å². The molecule has 0 saturated heterocycles. The van der Waals surface area contributed by atoms with E-state index >= 15 is 0 Å².